The van der Waals surface area contributed by atoms with Crippen LogP contribution < -0.4 is 5.32 Å². The second-order valence-electron chi connectivity index (χ2n) is 6.98. The van der Waals surface area contributed by atoms with E-state index in [9.17, 15) is 14.0 Å². The van der Waals surface area contributed by atoms with Gasteiger partial charge in [-0.2, -0.15) is 0 Å². The SMILES string of the molecule is CC(=O)N[C@H](c1ccccn1)[C@@H]1CCCN(C(=O)Cc2cccc(F)c2)C1. The minimum absolute atomic E-state index is 0.0205. The highest BCUT2D eigenvalue weighted by Gasteiger charge is 2.31. The molecule has 27 heavy (non-hydrogen) atoms. The number of carbonyl (C=O) groups excluding carboxylic acids is 2. The van der Waals surface area contributed by atoms with Crippen molar-refractivity contribution in [3.05, 3.63) is 65.7 Å². The number of piperidine rings is 1. The lowest BCUT2D eigenvalue weighted by Crippen LogP contribution is -2.45. The van der Waals surface area contributed by atoms with Crippen molar-refractivity contribution >= 4 is 11.8 Å². The fraction of sp³-hybridized carbons (Fsp3) is 0.381. The summed E-state index contributed by atoms with van der Waals surface area (Å²) in [5.41, 5.74) is 1.47. The molecule has 0 radical (unpaired) electrons. The van der Waals surface area contributed by atoms with Gasteiger partial charge in [0.1, 0.15) is 5.82 Å². The average Bonchev–Trinajstić information content (AvgIpc) is 2.67. The number of halogens is 1. The zero-order valence-corrected chi connectivity index (χ0v) is 15.4. The summed E-state index contributed by atoms with van der Waals surface area (Å²) in [7, 11) is 0. The van der Waals surface area contributed by atoms with Crippen molar-refractivity contribution in [3.8, 4) is 0 Å². The molecule has 6 heteroatoms. The number of nitrogens with one attached hydrogen (secondary N) is 1. The standard InChI is InChI=1S/C21H24FN3O2/c1-15(26)24-21(19-9-2-3-10-23-19)17-7-5-11-25(14-17)20(27)13-16-6-4-8-18(22)12-16/h2-4,6,8-10,12,17,21H,5,7,11,13-14H2,1H3,(H,24,26)/t17-,21+/m1/s1. The fourth-order valence-electron chi connectivity index (χ4n) is 3.65. The molecule has 142 valence electrons. The maximum absolute atomic E-state index is 13.4. The Morgan fingerprint density at radius 1 is 1.30 bits per heavy atom. The van der Waals surface area contributed by atoms with Crippen molar-refractivity contribution in [1.29, 1.82) is 0 Å². The molecule has 1 fully saturated rings. The first-order valence-corrected chi connectivity index (χ1v) is 9.23. The normalized spacial score (nSPS) is 18.0. The van der Waals surface area contributed by atoms with E-state index in [1.807, 2.05) is 23.1 Å². The number of carbonyl (C=O) groups is 2. The van der Waals surface area contributed by atoms with E-state index in [1.165, 1.54) is 19.1 Å². The van der Waals surface area contributed by atoms with Crippen LogP contribution in [0.4, 0.5) is 4.39 Å². The lowest BCUT2D eigenvalue weighted by molar-refractivity contribution is -0.132. The number of rotatable bonds is 5. The predicted octanol–water partition coefficient (Wildman–Crippen LogP) is 2.88. The first kappa shape index (κ1) is 19.0. The quantitative estimate of drug-likeness (QED) is 0.882. The van der Waals surface area contributed by atoms with Gasteiger partial charge in [-0.1, -0.05) is 18.2 Å². The fourth-order valence-corrected chi connectivity index (χ4v) is 3.65. The van der Waals surface area contributed by atoms with Gasteiger partial charge in [-0.25, -0.2) is 4.39 Å². The smallest absolute Gasteiger partial charge is 0.227 e. The molecule has 2 atom stereocenters. The van der Waals surface area contributed by atoms with Gasteiger partial charge in [0.2, 0.25) is 11.8 Å². The summed E-state index contributed by atoms with van der Waals surface area (Å²) >= 11 is 0. The van der Waals surface area contributed by atoms with Crippen LogP contribution in [0, 0.1) is 11.7 Å². The van der Waals surface area contributed by atoms with Crippen LogP contribution in [0.25, 0.3) is 0 Å². The third-order valence-electron chi connectivity index (χ3n) is 4.89. The van der Waals surface area contributed by atoms with Crippen LogP contribution in [0.2, 0.25) is 0 Å². The molecule has 3 rings (SSSR count). The molecule has 2 heterocycles. The zero-order chi connectivity index (χ0) is 19.2. The van der Waals surface area contributed by atoms with E-state index in [4.69, 9.17) is 0 Å². The molecule has 1 aromatic carbocycles. The summed E-state index contributed by atoms with van der Waals surface area (Å²) in [6, 6.07) is 11.5. The minimum Gasteiger partial charge on any atom is -0.348 e. The van der Waals surface area contributed by atoms with Crippen molar-refractivity contribution in [2.75, 3.05) is 13.1 Å². The van der Waals surface area contributed by atoms with Crippen molar-refractivity contribution < 1.29 is 14.0 Å². The number of likely N-dealkylation sites (tertiary alicyclic amines) is 1. The molecule has 0 bridgehead atoms. The van der Waals surface area contributed by atoms with Gasteiger partial charge in [0.25, 0.3) is 0 Å². The average molecular weight is 369 g/mol. The molecule has 0 saturated carbocycles. The second kappa shape index (κ2) is 8.75. The molecule has 1 N–H and O–H groups in total. The van der Waals surface area contributed by atoms with Crippen LogP contribution >= 0.6 is 0 Å². The molecule has 0 spiro atoms. The number of benzene rings is 1. The van der Waals surface area contributed by atoms with Crippen LogP contribution in [0.1, 0.15) is 37.1 Å². The van der Waals surface area contributed by atoms with Crippen LogP contribution in [0.5, 0.6) is 0 Å². The highest BCUT2D eigenvalue weighted by molar-refractivity contribution is 5.79. The van der Waals surface area contributed by atoms with Crippen LogP contribution in [0.3, 0.4) is 0 Å². The van der Waals surface area contributed by atoms with E-state index in [1.54, 1.807) is 18.3 Å². The minimum atomic E-state index is -0.335. The first-order chi connectivity index (χ1) is 13.0. The van der Waals surface area contributed by atoms with E-state index in [2.05, 4.69) is 10.3 Å². The van der Waals surface area contributed by atoms with Gasteiger partial charge in [0.05, 0.1) is 18.2 Å². The number of amides is 2. The van der Waals surface area contributed by atoms with E-state index in [-0.39, 0.29) is 36.0 Å². The van der Waals surface area contributed by atoms with Crippen molar-refractivity contribution in [2.24, 2.45) is 5.92 Å². The Labute approximate surface area is 158 Å². The Morgan fingerprint density at radius 3 is 2.85 bits per heavy atom. The summed E-state index contributed by atoms with van der Waals surface area (Å²) in [6.45, 7) is 2.72. The number of hydrogen-bond acceptors (Lipinski definition) is 3. The Morgan fingerprint density at radius 2 is 2.15 bits per heavy atom. The highest BCUT2D eigenvalue weighted by Crippen LogP contribution is 2.29. The first-order valence-electron chi connectivity index (χ1n) is 9.23. The van der Waals surface area contributed by atoms with Gasteiger partial charge in [-0.05, 0) is 42.7 Å². The van der Waals surface area contributed by atoms with Crippen molar-refractivity contribution in [2.45, 2.75) is 32.2 Å². The summed E-state index contributed by atoms with van der Waals surface area (Å²) in [5, 5.41) is 2.99. The summed E-state index contributed by atoms with van der Waals surface area (Å²) in [5.74, 6) is -0.381. The van der Waals surface area contributed by atoms with Crippen LogP contribution in [-0.2, 0) is 16.0 Å². The molecule has 0 unspecified atom stereocenters. The molecule has 2 aromatic rings. The maximum Gasteiger partial charge on any atom is 0.227 e. The van der Waals surface area contributed by atoms with Crippen LogP contribution in [-0.4, -0.2) is 34.8 Å². The molecule has 5 nitrogen and oxygen atoms in total. The van der Waals surface area contributed by atoms with Gasteiger partial charge in [0, 0.05) is 32.1 Å². The van der Waals surface area contributed by atoms with E-state index >= 15 is 0 Å². The Kier molecular flexibility index (Phi) is 6.16. The summed E-state index contributed by atoms with van der Waals surface area (Å²) < 4.78 is 13.4. The predicted molar refractivity (Wildman–Crippen MR) is 100 cm³/mol. The Hall–Kier alpha value is -2.76. The number of hydrogen-bond donors (Lipinski definition) is 1. The van der Waals surface area contributed by atoms with Gasteiger partial charge < -0.3 is 10.2 Å². The van der Waals surface area contributed by atoms with Gasteiger partial charge in [0.15, 0.2) is 0 Å². The lowest BCUT2D eigenvalue weighted by Gasteiger charge is -2.37. The van der Waals surface area contributed by atoms with E-state index in [0.717, 1.165) is 18.5 Å². The number of aromatic nitrogens is 1. The third kappa shape index (κ3) is 5.12. The molecule has 0 aliphatic carbocycles. The molecule has 1 saturated heterocycles. The third-order valence-corrected chi connectivity index (χ3v) is 4.89. The lowest BCUT2D eigenvalue weighted by atomic mass is 9.88. The zero-order valence-electron chi connectivity index (χ0n) is 15.4. The summed E-state index contributed by atoms with van der Waals surface area (Å²) in [4.78, 5) is 30.6. The highest BCUT2D eigenvalue weighted by atomic mass is 19.1. The van der Waals surface area contributed by atoms with Gasteiger partial charge in [-0.15, -0.1) is 0 Å². The molecule has 1 aliphatic rings. The summed E-state index contributed by atoms with van der Waals surface area (Å²) in [6.07, 6.45) is 3.66. The van der Waals surface area contributed by atoms with Gasteiger partial charge in [-0.3, -0.25) is 14.6 Å². The Balaban J connectivity index is 1.71. The second-order valence-corrected chi connectivity index (χ2v) is 6.98. The van der Waals surface area contributed by atoms with Gasteiger partial charge >= 0.3 is 0 Å². The molecule has 2 amide bonds. The molecule has 1 aromatic heterocycles. The molecular weight excluding hydrogens is 345 g/mol. The monoisotopic (exact) mass is 369 g/mol. The topological polar surface area (TPSA) is 62.3 Å². The number of nitrogens with zero attached hydrogens (tertiary/aromatic N) is 2. The maximum atomic E-state index is 13.4. The van der Waals surface area contributed by atoms with Crippen LogP contribution in [0.15, 0.2) is 48.7 Å². The largest absolute Gasteiger partial charge is 0.348 e. The van der Waals surface area contributed by atoms with E-state index < -0.39 is 0 Å². The molecular formula is C21H24FN3O2. The Bertz CT molecular complexity index is 797. The van der Waals surface area contributed by atoms with Crippen molar-refractivity contribution in [3.63, 3.8) is 0 Å². The van der Waals surface area contributed by atoms with E-state index in [0.29, 0.717) is 18.7 Å². The number of pyridine rings is 1. The molecule has 1 aliphatic heterocycles. The van der Waals surface area contributed by atoms with Crippen molar-refractivity contribution in [1.82, 2.24) is 15.2 Å².